The summed E-state index contributed by atoms with van der Waals surface area (Å²) < 4.78 is 0. The minimum atomic E-state index is 1.15. The van der Waals surface area contributed by atoms with Gasteiger partial charge in [-0.2, -0.15) is 11.8 Å². The third-order valence-electron chi connectivity index (χ3n) is 5.33. The van der Waals surface area contributed by atoms with Crippen LogP contribution in [0.4, 0.5) is 5.69 Å². The summed E-state index contributed by atoms with van der Waals surface area (Å²) in [6.45, 7) is 5.90. The van der Waals surface area contributed by atoms with Gasteiger partial charge in [-0.1, -0.05) is 18.2 Å². The van der Waals surface area contributed by atoms with Crippen LogP contribution in [0.5, 0.6) is 0 Å². The monoisotopic (exact) mass is 341 g/mol. The average Bonchev–Trinajstić information content (AvgIpc) is 3.06. The van der Waals surface area contributed by atoms with Gasteiger partial charge in [0.15, 0.2) is 0 Å². The first-order chi connectivity index (χ1) is 11.9. The number of hydrogen-bond donors (Lipinski definition) is 1. The molecule has 0 radical (unpaired) electrons. The number of aromatic amines is 1. The van der Waals surface area contributed by atoms with E-state index in [1.807, 2.05) is 0 Å². The molecule has 0 bridgehead atoms. The molecule has 2 aliphatic heterocycles. The highest BCUT2D eigenvalue weighted by Crippen LogP contribution is 2.28. The Morgan fingerprint density at radius 3 is 2.71 bits per heavy atom. The van der Waals surface area contributed by atoms with E-state index in [0.29, 0.717) is 0 Å². The molecule has 0 spiro atoms. The van der Waals surface area contributed by atoms with Crippen LogP contribution in [0.25, 0.3) is 0 Å². The summed E-state index contributed by atoms with van der Waals surface area (Å²) in [5.74, 6) is 2.50. The first-order valence-electron chi connectivity index (χ1n) is 9.18. The van der Waals surface area contributed by atoms with E-state index in [2.05, 4.69) is 63.1 Å². The van der Waals surface area contributed by atoms with Crippen molar-refractivity contribution in [2.45, 2.75) is 25.0 Å². The number of nitrogens with one attached hydrogen (secondary N) is 1. The Morgan fingerprint density at radius 1 is 1.04 bits per heavy atom. The van der Waals surface area contributed by atoms with E-state index < -0.39 is 0 Å². The van der Waals surface area contributed by atoms with Gasteiger partial charge in [-0.05, 0) is 54.8 Å². The van der Waals surface area contributed by atoms with Crippen molar-refractivity contribution in [3.63, 3.8) is 0 Å². The zero-order chi connectivity index (χ0) is 16.2. The van der Waals surface area contributed by atoms with Gasteiger partial charge < -0.3 is 9.88 Å². The van der Waals surface area contributed by atoms with Gasteiger partial charge in [-0.15, -0.1) is 0 Å². The van der Waals surface area contributed by atoms with Crippen LogP contribution in [0.2, 0.25) is 0 Å². The van der Waals surface area contributed by atoms with Crippen molar-refractivity contribution in [1.82, 2.24) is 9.88 Å². The van der Waals surface area contributed by atoms with Gasteiger partial charge in [0.05, 0.1) is 0 Å². The molecule has 4 heteroatoms. The van der Waals surface area contributed by atoms with E-state index >= 15 is 0 Å². The predicted molar refractivity (Wildman–Crippen MR) is 104 cm³/mol. The molecule has 2 aliphatic rings. The molecule has 1 aromatic carbocycles. The molecule has 0 saturated carbocycles. The second-order valence-corrected chi connectivity index (χ2v) is 7.95. The van der Waals surface area contributed by atoms with Crippen LogP contribution < -0.4 is 4.90 Å². The van der Waals surface area contributed by atoms with Crippen molar-refractivity contribution in [2.24, 2.45) is 0 Å². The number of rotatable bonds is 5. The topological polar surface area (TPSA) is 22.3 Å². The number of fused-ring (bicyclic) bond motifs is 1. The van der Waals surface area contributed by atoms with Crippen LogP contribution in [-0.2, 0) is 18.6 Å². The van der Waals surface area contributed by atoms with E-state index in [4.69, 9.17) is 0 Å². The van der Waals surface area contributed by atoms with Gasteiger partial charge >= 0.3 is 0 Å². The summed E-state index contributed by atoms with van der Waals surface area (Å²) in [6, 6.07) is 10.8. The van der Waals surface area contributed by atoms with Gasteiger partial charge in [0.1, 0.15) is 0 Å². The molecule has 3 heterocycles. The highest BCUT2D eigenvalue weighted by atomic mass is 32.2. The number of thioether (sulfide) groups is 1. The Bertz CT molecular complexity index is 644. The Labute approximate surface area is 149 Å². The number of para-hydroxylation sites is 1. The molecule has 0 unspecified atom stereocenters. The molecule has 1 fully saturated rings. The molecule has 4 rings (SSSR count). The average molecular weight is 342 g/mol. The number of H-pyrrole nitrogens is 1. The van der Waals surface area contributed by atoms with Crippen LogP contribution >= 0.6 is 11.8 Å². The van der Waals surface area contributed by atoms with Crippen LogP contribution in [0.15, 0.2) is 36.5 Å². The predicted octanol–water partition coefficient (Wildman–Crippen LogP) is 3.56. The summed E-state index contributed by atoms with van der Waals surface area (Å²) in [5, 5.41) is 0. The largest absolute Gasteiger partial charge is 0.369 e. The Hall–Kier alpha value is -1.39. The molecule has 0 aliphatic carbocycles. The third-order valence-corrected chi connectivity index (χ3v) is 6.32. The van der Waals surface area contributed by atoms with E-state index in [-0.39, 0.29) is 0 Å². The maximum absolute atomic E-state index is 3.54. The molecule has 0 amide bonds. The summed E-state index contributed by atoms with van der Waals surface area (Å²) in [4.78, 5) is 8.68. The van der Waals surface area contributed by atoms with E-state index in [1.165, 1.54) is 61.8 Å². The lowest BCUT2D eigenvalue weighted by atomic mass is 10.1. The molecule has 1 aromatic heterocycles. The normalized spacial score (nSPS) is 18.6. The number of hydrogen-bond acceptors (Lipinski definition) is 3. The Balaban J connectivity index is 1.23. The van der Waals surface area contributed by atoms with Gasteiger partial charge in [-0.3, -0.25) is 4.90 Å². The van der Waals surface area contributed by atoms with Crippen molar-refractivity contribution in [2.75, 3.05) is 43.4 Å². The third kappa shape index (κ3) is 3.65. The number of aryl methyl sites for hydroxylation is 2. The zero-order valence-electron chi connectivity index (χ0n) is 14.3. The SMILES string of the molecule is c1ccc(N2CCN(CCCc3[nH]cc4c3CSCC4)CC2)cc1. The summed E-state index contributed by atoms with van der Waals surface area (Å²) >= 11 is 2.08. The molecule has 0 atom stereocenters. The molecule has 2 aromatic rings. The van der Waals surface area contributed by atoms with E-state index in [0.717, 1.165) is 13.1 Å². The lowest BCUT2D eigenvalue weighted by Gasteiger charge is -2.36. The Morgan fingerprint density at radius 2 is 1.88 bits per heavy atom. The van der Waals surface area contributed by atoms with Crippen LogP contribution in [0, 0.1) is 0 Å². The summed E-state index contributed by atoms with van der Waals surface area (Å²) in [6.07, 6.45) is 5.97. The molecular weight excluding hydrogens is 314 g/mol. The van der Waals surface area contributed by atoms with Crippen LogP contribution in [0.1, 0.15) is 23.2 Å². The molecule has 1 saturated heterocycles. The number of piperazine rings is 1. The van der Waals surface area contributed by atoms with Gasteiger partial charge in [-0.25, -0.2) is 0 Å². The van der Waals surface area contributed by atoms with E-state index in [1.54, 1.807) is 11.1 Å². The van der Waals surface area contributed by atoms with Crippen molar-refractivity contribution >= 4 is 17.4 Å². The van der Waals surface area contributed by atoms with E-state index in [9.17, 15) is 0 Å². The van der Waals surface area contributed by atoms with Gasteiger partial charge in [0.2, 0.25) is 0 Å². The van der Waals surface area contributed by atoms with Gasteiger partial charge in [0, 0.05) is 49.5 Å². The van der Waals surface area contributed by atoms with Crippen LogP contribution in [-0.4, -0.2) is 48.4 Å². The standard InChI is InChI=1S/C20H27N3S/c1-2-5-18(6-3-1)23-12-10-22(11-13-23)9-4-7-20-19-16-24-14-8-17(19)15-21-20/h1-3,5-6,15,21H,4,7-14,16H2. The smallest absolute Gasteiger partial charge is 0.0367 e. The maximum atomic E-state index is 3.54. The molecule has 24 heavy (non-hydrogen) atoms. The first-order valence-corrected chi connectivity index (χ1v) is 10.3. The zero-order valence-corrected chi connectivity index (χ0v) is 15.2. The fourth-order valence-electron chi connectivity index (χ4n) is 3.87. The minimum Gasteiger partial charge on any atom is -0.369 e. The first kappa shape index (κ1) is 16.1. The molecule has 128 valence electrons. The number of benzene rings is 1. The van der Waals surface area contributed by atoms with Gasteiger partial charge in [0.25, 0.3) is 0 Å². The highest BCUT2D eigenvalue weighted by Gasteiger charge is 2.18. The Kier molecular flexibility index (Phi) is 5.14. The lowest BCUT2D eigenvalue weighted by molar-refractivity contribution is 0.255. The number of nitrogens with zero attached hydrogens (tertiary/aromatic N) is 2. The molecule has 1 N–H and O–H groups in total. The fourth-order valence-corrected chi connectivity index (χ4v) is 4.94. The summed E-state index contributed by atoms with van der Waals surface area (Å²) in [7, 11) is 0. The van der Waals surface area contributed by atoms with Crippen molar-refractivity contribution in [1.29, 1.82) is 0 Å². The second kappa shape index (κ2) is 7.66. The number of anilines is 1. The molecule has 3 nitrogen and oxygen atoms in total. The van der Waals surface area contributed by atoms with Crippen molar-refractivity contribution in [3.8, 4) is 0 Å². The highest BCUT2D eigenvalue weighted by molar-refractivity contribution is 7.98. The van der Waals surface area contributed by atoms with Crippen molar-refractivity contribution in [3.05, 3.63) is 53.3 Å². The summed E-state index contributed by atoms with van der Waals surface area (Å²) in [5.41, 5.74) is 6.05. The number of aromatic nitrogens is 1. The maximum Gasteiger partial charge on any atom is 0.0367 e. The fraction of sp³-hybridized carbons (Fsp3) is 0.500. The van der Waals surface area contributed by atoms with Crippen LogP contribution in [0.3, 0.4) is 0 Å². The lowest BCUT2D eigenvalue weighted by Crippen LogP contribution is -2.46. The quantitative estimate of drug-likeness (QED) is 0.899. The second-order valence-electron chi connectivity index (χ2n) is 6.84. The minimum absolute atomic E-state index is 1.15. The molecular formula is C20H27N3S. The van der Waals surface area contributed by atoms with Crippen molar-refractivity contribution < 1.29 is 0 Å².